The van der Waals surface area contributed by atoms with Crippen LogP contribution >= 0.6 is 0 Å². The van der Waals surface area contributed by atoms with Crippen molar-refractivity contribution in [3.05, 3.63) is 59.3 Å². The maximum Gasteiger partial charge on any atom is 0.337 e. The minimum atomic E-state index is -0.379. The summed E-state index contributed by atoms with van der Waals surface area (Å²) in [5, 5.41) is 5.78. The summed E-state index contributed by atoms with van der Waals surface area (Å²) in [5.41, 5.74) is 3.68. The van der Waals surface area contributed by atoms with Crippen LogP contribution in [0.15, 0.2) is 42.6 Å². The first-order chi connectivity index (χ1) is 12.0. The van der Waals surface area contributed by atoms with E-state index in [2.05, 4.69) is 37.1 Å². The third kappa shape index (κ3) is 3.50. The quantitative estimate of drug-likeness (QED) is 0.660. The van der Waals surface area contributed by atoms with E-state index >= 15 is 0 Å². The van der Waals surface area contributed by atoms with Crippen molar-refractivity contribution in [1.82, 2.24) is 9.78 Å². The van der Waals surface area contributed by atoms with Crippen LogP contribution in [0.3, 0.4) is 0 Å². The Morgan fingerprint density at radius 1 is 1.16 bits per heavy atom. The molecule has 0 aliphatic heterocycles. The Morgan fingerprint density at radius 2 is 1.96 bits per heavy atom. The van der Waals surface area contributed by atoms with Gasteiger partial charge in [0.15, 0.2) is 0 Å². The highest BCUT2D eigenvalue weighted by molar-refractivity contribution is 5.90. The summed E-state index contributed by atoms with van der Waals surface area (Å²) >= 11 is 0. The number of rotatable bonds is 5. The maximum atomic E-state index is 11.7. The maximum absolute atomic E-state index is 11.7. The zero-order valence-electron chi connectivity index (χ0n) is 14.9. The van der Waals surface area contributed by atoms with E-state index in [0.717, 1.165) is 16.5 Å². The van der Waals surface area contributed by atoms with Gasteiger partial charge in [-0.15, -0.1) is 0 Å². The molecular weight excluding hydrogens is 316 g/mol. The normalized spacial score (nSPS) is 11.1. The van der Waals surface area contributed by atoms with E-state index < -0.39 is 0 Å². The van der Waals surface area contributed by atoms with E-state index in [1.807, 2.05) is 16.9 Å². The number of hydrogen-bond acceptors (Lipinski definition) is 4. The van der Waals surface area contributed by atoms with Gasteiger partial charge < -0.3 is 9.47 Å². The molecule has 0 saturated heterocycles. The molecule has 0 unspecified atom stereocenters. The first kappa shape index (κ1) is 17.0. The fourth-order valence-electron chi connectivity index (χ4n) is 2.82. The van der Waals surface area contributed by atoms with Gasteiger partial charge in [-0.05, 0) is 29.7 Å². The van der Waals surface area contributed by atoms with Gasteiger partial charge in [0.25, 0.3) is 0 Å². The Hall–Kier alpha value is -2.82. The van der Waals surface area contributed by atoms with Gasteiger partial charge in [0.05, 0.1) is 31.8 Å². The van der Waals surface area contributed by atoms with Crippen molar-refractivity contribution in [2.45, 2.75) is 26.3 Å². The zero-order valence-corrected chi connectivity index (χ0v) is 14.9. The largest absolute Gasteiger partial charge is 0.496 e. The van der Waals surface area contributed by atoms with Crippen molar-refractivity contribution in [3.8, 4) is 5.75 Å². The lowest BCUT2D eigenvalue weighted by Gasteiger charge is -2.10. The van der Waals surface area contributed by atoms with Crippen molar-refractivity contribution in [2.24, 2.45) is 0 Å². The average molecular weight is 338 g/mol. The summed E-state index contributed by atoms with van der Waals surface area (Å²) in [5.74, 6) is 0.738. The number of hydrogen-bond donors (Lipinski definition) is 0. The van der Waals surface area contributed by atoms with Crippen LogP contribution in [0.4, 0.5) is 0 Å². The lowest BCUT2D eigenvalue weighted by Crippen LogP contribution is -2.05. The number of benzene rings is 2. The second kappa shape index (κ2) is 6.97. The number of carbonyl (C=O) groups is 1. The van der Waals surface area contributed by atoms with E-state index in [0.29, 0.717) is 23.8 Å². The molecule has 3 aromatic rings. The number of fused-ring (bicyclic) bond motifs is 1. The topological polar surface area (TPSA) is 53.4 Å². The first-order valence-corrected chi connectivity index (χ1v) is 8.24. The fraction of sp³-hybridized carbons (Fsp3) is 0.300. The van der Waals surface area contributed by atoms with Crippen LogP contribution in [-0.2, 0) is 11.3 Å². The number of esters is 1. The number of methoxy groups -OCH3 is 2. The molecule has 0 fully saturated rings. The van der Waals surface area contributed by atoms with E-state index in [-0.39, 0.29) is 5.97 Å². The predicted octanol–water partition coefficient (Wildman–Crippen LogP) is 4.00. The van der Waals surface area contributed by atoms with Crippen molar-refractivity contribution in [1.29, 1.82) is 0 Å². The number of ether oxygens (including phenoxy) is 2. The Kier molecular flexibility index (Phi) is 4.74. The van der Waals surface area contributed by atoms with Crippen LogP contribution in [0.5, 0.6) is 5.75 Å². The van der Waals surface area contributed by atoms with Gasteiger partial charge in [0.1, 0.15) is 5.75 Å². The molecule has 1 heterocycles. The van der Waals surface area contributed by atoms with Crippen LogP contribution in [0.2, 0.25) is 0 Å². The molecular formula is C20H22N2O3. The standard InChI is InChI=1S/C20H22N2O3/c1-13(2)14-5-7-16-11-22(21-18(16)9-14)12-17-8-6-15(20(23)25-4)10-19(17)24-3/h5-11,13H,12H2,1-4H3. The highest BCUT2D eigenvalue weighted by Gasteiger charge is 2.12. The van der Waals surface area contributed by atoms with E-state index in [1.165, 1.54) is 12.7 Å². The van der Waals surface area contributed by atoms with Crippen molar-refractivity contribution in [3.63, 3.8) is 0 Å². The van der Waals surface area contributed by atoms with Gasteiger partial charge in [-0.2, -0.15) is 5.10 Å². The molecule has 25 heavy (non-hydrogen) atoms. The lowest BCUT2D eigenvalue weighted by atomic mass is 10.0. The van der Waals surface area contributed by atoms with E-state index in [9.17, 15) is 4.79 Å². The molecule has 0 spiro atoms. The molecule has 0 aliphatic rings. The second-order valence-electron chi connectivity index (χ2n) is 6.32. The minimum absolute atomic E-state index is 0.379. The van der Waals surface area contributed by atoms with E-state index in [4.69, 9.17) is 9.47 Å². The van der Waals surface area contributed by atoms with Crippen LogP contribution in [0.25, 0.3) is 10.9 Å². The molecule has 2 aromatic carbocycles. The van der Waals surface area contributed by atoms with Crippen molar-refractivity contribution < 1.29 is 14.3 Å². The number of nitrogens with zero attached hydrogens (tertiary/aromatic N) is 2. The lowest BCUT2D eigenvalue weighted by molar-refractivity contribution is 0.0600. The highest BCUT2D eigenvalue weighted by atomic mass is 16.5. The molecule has 0 N–H and O–H groups in total. The monoisotopic (exact) mass is 338 g/mol. The van der Waals surface area contributed by atoms with E-state index in [1.54, 1.807) is 19.2 Å². The second-order valence-corrected chi connectivity index (χ2v) is 6.32. The molecule has 0 bridgehead atoms. The summed E-state index contributed by atoms with van der Waals surface area (Å²) in [6.45, 7) is 4.91. The smallest absolute Gasteiger partial charge is 0.337 e. The molecule has 5 heteroatoms. The first-order valence-electron chi connectivity index (χ1n) is 8.24. The van der Waals surface area contributed by atoms with Gasteiger partial charge in [0.2, 0.25) is 0 Å². The molecule has 0 aliphatic carbocycles. The van der Waals surface area contributed by atoms with Crippen LogP contribution in [-0.4, -0.2) is 30.0 Å². The summed E-state index contributed by atoms with van der Waals surface area (Å²) < 4.78 is 12.1. The minimum Gasteiger partial charge on any atom is -0.496 e. The molecule has 0 atom stereocenters. The van der Waals surface area contributed by atoms with Crippen LogP contribution in [0, 0.1) is 0 Å². The Morgan fingerprint density at radius 3 is 2.64 bits per heavy atom. The van der Waals surface area contributed by atoms with Crippen molar-refractivity contribution in [2.75, 3.05) is 14.2 Å². The van der Waals surface area contributed by atoms with Gasteiger partial charge in [-0.25, -0.2) is 4.79 Å². The third-order valence-electron chi connectivity index (χ3n) is 4.29. The van der Waals surface area contributed by atoms with Crippen LogP contribution in [0.1, 0.15) is 41.3 Å². The van der Waals surface area contributed by atoms with Crippen molar-refractivity contribution >= 4 is 16.9 Å². The molecule has 130 valence electrons. The summed E-state index contributed by atoms with van der Waals surface area (Å²) in [4.78, 5) is 11.7. The van der Waals surface area contributed by atoms with Gasteiger partial charge in [-0.1, -0.05) is 32.0 Å². The third-order valence-corrected chi connectivity index (χ3v) is 4.29. The fourth-order valence-corrected chi connectivity index (χ4v) is 2.82. The summed E-state index contributed by atoms with van der Waals surface area (Å²) in [6, 6.07) is 11.7. The SMILES string of the molecule is COC(=O)c1ccc(Cn2cc3ccc(C(C)C)cc3n2)c(OC)c1. The Balaban J connectivity index is 1.91. The summed E-state index contributed by atoms with van der Waals surface area (Å²) in [6.07, 6.45) is 2.02. The Bertz CT molecular complexity index is 912. The predicted molar refractivity (Wildman–Crippen MR) is 97.3 cm³/mol. The molecule has 1 aromatic heterocycles. The molecule has 0 amide bonds. The zero-order chi connectivity index (χ0) is 18.0. The highest BCUT2D eigenvalue weighted by Crippen LogP contribution is 2.24. The average Bonchev–Trinajstić information content (AvgIpc) is 3.02. The molecule has 3 rings (SSSR count). The van der Waals surface area contributed by atoms with Gasteiger partial charge in [-0.3, -0.25) is 4.68 Å². The molecule has 0 radical (unpaired) electrons. The molecule has 0 saturated carbocycles. The summed E-state index contributed by atoms with van der Waals surface area (Å²) in [7, 11) is 2.96. The Labute approximate surface area is 147 Å². The van der Waals surface area contributed by atoms with Crippen LogP contribution < -0.4 is 4.74 Å². The number of aromatic nitrogens is 2. The van der Waals surface area contributed by atoms with Gasteiger partial charge in [0, 0.05) is 17.1 Å². The molecule has 5 nitrogen and oxygen atoms in total. The number of carbonyl (C=O) groups excluding carboxylic acids is 1. The van der Waals surface area contributed by atoms with Gasteiger partial charge >= 0.3 is 5.97 Å².